The van der Waals surface area contributed by atoms with E-state index in [1.807, 2.05) is 0 Å². The van der Waals surface area contributed by atoms with Gasteiger partial charge in [-0.25, -0.2) is 8.42 Å². The number of rotatable bonds is 5. The summed E-state index contributed by atoms with van der Waals surface area (Å²) in [6.07, 6.45) is 0. The molecule has 0 fully saturated rings. The molecule has 0 bridgehead atoms. The van der Waals surface area contributed by atoms with Gasteiger partial charge >= 0.3 is 5.97 Å². The van der Waals surface area contributed by atoms with Crippen molar-refractivity contribution in [3.05, 3.63) is 23.3 Å². The van der Waals surface area contributed by atoms with Crippen molar-refractivity contribution < 1.29 is 17.9 Å². The van der Waals surface area contributed by atoms with E-state index in [9.17, 15) is 13.2 Å². The summed E-state index contributed by atoms with van der Waals surface area (Å²) in [5.74, 6) is -0.879. The minimum atomic E-state index is -3.92. The van der Waals surface area contributed by atoms with Gasteiger partial charge in [0.1, 0.15) is 10.9 Å². The molecule has 0 spiro atoms. The normalized spacial score (nSPS) is 13.2. The molecule has 0 aliphatic rings. The van der Waals surface area contributed by atoms with Crippen LogP contribution in [0.25, 0.3) is 0 Å². The number of anilines is 1. The highest BCUT2D eigenvalue weighted by Gasteiger charge is 2.31. The molecule has 0 amide bonds. The number of nitrogens with one attached hydrogen (secondary N) is 1. The van der Waals surface area contributed by atoms with Crippen molar-refractivity contribution in [2.24, 2.45) is 5.92 Å². The fourth-order valence-corrected chi connectivity index (χ4v) is 3.74. The number of hydrogen-bond donors (Lipinski definition) is 2. The maximum atomic E-state index is 12.6. The lowest BCUT2D eigenvalue weighted by Gasteiger charge is -2.21. The Morgan fingerprint density at radius 1 is 1.24 bits per heavy atom. The molecule has 0 saturated carbocycles. The summed E-state index contributed by atoms with van der Waals surface area (Å²) < 4.78 is 32.2. The Hall–Kier alpha value is -1.60. The molecule has 1 aromatic carbocycles. The summed E-state index contributed by atoms with van der Waals surface area (Å²) in [5.41, 5.74) is 7.28. The summed E-state index contributed by atoms with van der Waals surface area (Å²) in [4.78, 5) is 11.7. The standard InChI is InChI=1S/C14H22N2O4S/c1-8(2)12(14(17)20-5)16-21(18,19)13-10(4)7-6-9(3)11(13)15/h6-8,12,16H,15H2,1-5H3. The molecule has 1 aromatic rings. The van der Waals surface area contributed by atoms with Crippen molar-refractivity contribution >= 4 is 21.7 Å². The third-order valence-electron chi connectivity index (χ3n) is 3.28. The van der Waals surface area contributed by atoms with E-state index in [1.165, 1.54) is 7.11 Å². The number of carbonyl (C=O) groups excluding carboxylic acids is 1. The van der Waals surface area contributed by atoms with Crippen molar-refractivity contribution in [2.75, 3.05) is 12.8 Å². The van der Waals surface area contributed by atoms with Gasteiger partial charge in [0.2, 0.25) is 10.0 Å². The topological polar surface area (TPSA) is 98.5 Å². The molecule has 3 N–H and O–H groups in total. The summed E-state index contributed by atoms with van der Waals surface area (Å²) in [6.45, 7) is 6.86. The van der Waals surface area contributed by atoms with E-state index in [1.54, 1.807) is 39.8 Å². The second-order valence-electron chi connectivity index (χ2n) is 5.31. The summed E-state index contributed by atoms with van der Waals surface area (Å²) >= 11 is 0. The third kappa shape index (κ3) is 3.74. The maximum Gasteiger partial charge on any atom is 0.324 e. The van der Waals surface area contributed by atoms with Crippen LogP contribution < -0.4 is 10.5 Å². The SMILES string of the molecule is COC(=O)C(NS(=O)(=O)c1c(C)ccc(C)c1N)C(C)C. The van der Waals surface area contributed by atoms with E-state index in [0.717, 1.165) is 0 Å². The molecule has 0 aliphatic carbocycles. The number of benzene rings is 1. The lowest BCUT2D eigenvalue weighted by molar-refractivity contribution is -0.143. The average molecular weight is 314 g/mol. The van der Waals surface area contributed by atoms with Gasteiger partial charge in [-0.15, -0.1) is 0 Å². The highest BCUT2D eigenvalue weighted by atomic mass is 32.2. The molecule has 7 heteroatoms. The zero-order valence-electron chi connectivity index (χ0n) is 12.9. The zero-order valence-corrected chi connectivity index (χ0v) is 13.7. The van der Waals surface area contributed by atoms with Gasteiger partial charge in [0.15, 0.2) is 0 Å². The number of nitrogen functional groups attached to an aromatic ring is 1. The fourth-order valence-electron chi connectivity index (χ4n) is 1.97. The van der Waals surface area contributed by atoms with Gasteiger partial charge in [0.05, 0.1) is 12.8 Å². The highest BCUT2D eigenvalue weighted by molar-refractivity contribution is 7.89. The Kier molecular flexibility index (Phi) is 5.36. The first-order valence-electron chi connectivity index (χ1n) is 6.57. The first kappa shape index (κ1) is 17.5. The summed E-state index contributed by atoms with van der Waals surface area (Å²) in [6, 6.07) is 2.48. The predicted octanol–water partition coefficient (Wildman–Crippen LogP) is 1.36. The lowest BCUT2D eigenvalue weighted by atomic mass is 10.1. The average Bonchev–Trinajstić information content (AvgIpc) is 2.39. The fraction of sp³-hybridized carbons (Fsp3) is 0.500. The Labute approximate surface area is 125 Å². The number of hydrogen-bond acceptors (Lipinski definition) is 5. The van der Waals surface area contributed by atoms with E-state index in [4.69, 9.17) is 5.73 Å². The van der Waals surface area contributed by atoms with Crippen molar-refractivity contribution in [2.45, 2.75) is 38.6 Å². The van der Waals surface area contributed by atoms with E-state index < -0.39 is 22.0 Å². The van der Waals surface area contributed by atoms with Crippen LogP contribution in [0.3, 0.4) is 0 Å². The number of sulfonamides is 1. The van der Waals surface area contributed by atoms with Crippen LogP contribution in [0, 0.1) is 19.8 Å². The molecule has 6 nitrogen and oxygen atoms in total. The molecule has 0 aromatic heterocycles. The highest BCUT2D eigenvalue weighted by Crippen LogP contribution is 2.26. The van der Waals surface area contributed by atoms with Crippen molar-refractivity contribution in [1.82, 2.24) is 4.72 Å². The molecule has 1 unspecified atom stereocenters. The number of aryl methyl sites for hydroxylation is 2. The molecule has 21 heavy (non-hydrogen) atoms. The van der Waals surface area contributed by atoms with Crippen LogP contribution in [0.2, 0.25) is 0 Å². The van der Waals surface area contributed by atoms with E-state index in [0.29, 0.717) is 11.1 Å². The number of carbonyl (C=O) groups is 1. The first-order valence-corrected chi connectivity index (χ1v) is 8.06. The second-order valence-corrected chi connectivity index (χ2v) is 6.96. The van der Waals surface area contributed by atoms with Gasteiger partial charge in [0.25, 0.3) is 0 Å². The Balaban J connectivity index is 3.30. The lowest BCUT2D eigenvalue weighted by Crippen LogP contribution is -2.45. The molecular formula is C14H22N2O4S. The predicted molar refractivity (Wildman–Crippen MR) is 81.3 cm³/mol. The molecule has 0 radical (unpaired) electrons. The minimum absolute atomic E-state index is 0.0112. The maximum absolute atomic E-state index is 12.6. The van der Waals surface area contributed by atoms with Crippen molar-refractivity contribution in [3.8, 4) is 0 Å². The van der Waals surface area contributed by atoms with Gasteiger partial charge in [-0.3, -0.25) is 4.79 Å². The van der Waals surface area contributed by atoms with Crippen molar-refractivity contribution in [3.63, 3.8) is 0 Å². The van der Waals surface area contributed by atoms with E-state index in [2.05, 4.69) is 9.46 Å². The quantitative estimate of drug-likeness (QED) is 0.631. The Bertz CT molecular complexity index is 639. The molecule has 1 atom stereocenters. The van der Waals surface area contributed by atoms with E-state index >= 15 is 0 Å². The van der Waals surface area contributed by atoms with Gasteiger partial charge in [-0.05, 0) is 30.9 Å². The van der Waals surface area contributed by atoms with Crippen LogP contribution in [-0.4, -0.2) is 27.5 Å². The van der Waals surface area contributed by atoms with Crippen LogP contribution in [0.15, 0.2) is 17.0 Å². The zero-order chi connectivity index (χ0) is 16.4. The van der Waals surface area contributed by atoms with Crippen LogP contribution >= 0.6 is 0 Å². The van der Waals surface area contributed by atoms with Gasteiger partial charge < -0.3 is 10.5 Å². The number of ether oxygens (including phenoxy) is 1. The molecule has 118 valence electrons. The molecular weight excluding hydrogens is 292 g/mol. The third-order valence-corrected chi connectivity index (χ3v) is 4.93. The monoisotopic (exact) mass is 314 g/mol. The minimum Gasteiger partial charge on any atom is -0.468 e. The summed E-state index contributed by atoms with van der Waals surface area (Å²) in [5, 5.41) is 0. The second kappa shape index (κ2) is 6.44. The van der Waals surface area contributed by atoms with Crippen LogP contribution in [0.4, 0.5) is 5.69 Å². The molecule has 0 saturated heterocycles. The van der Waals surface area contributed by atoms with E-state index in [-0.39, 0.29) is 16.5 Å². The van der Waals surface area contributed by atoms with Gasteiger partial charge in [-0.1, -0.05) is 26.0 Å². The summed E-state index contributed by atoms with van der Waals surface area (Å²) in [7, 11) is -2.70. The Morgan fingerprint density at radius 3 is 2.24 bits per heavy atom. The Morgan fingerprint density at radius 2 is 1.76 bits per heavy atom. The molecule has 0 aliphatic heterocycles. The van der Waals surface area contributed by atoms with Crippen LogP contribution in [-0.2, 0) is 19.6 Å². The first-order chi connectivity index (χ1) is 9.61. The largest absolute Gasteiger partial charge is 0.468 e. The number of nitrogens with two attached hydrogens (primary N) is 1. The molecule has 1 rings (SSSR count). The van der Waals surface area contributed by atoms with Crippen LogP contribution in [0.5, 0.6) is 0 Å². The molecule has 0 heterocycles. The smallest absolute Gasteiger partial charge is 0.324 e. The number of methoxy groups -OCH3 is 1. The van der Waals surface area contributed by atoms with Gasteiger partial charge in [-0.2, -0.15) is 4.72 Å². The van der Waals surface area contributed by atoms with Crippen molar-refractivity contribution in [1.29, 1.82) is 0 Å². The van der Waals surface area contributed by atoms with Crippen LogP contribution in [0.1, 0.15) is 25.0 Å². The number of esters is 1. The van der Waals surface area contributed by atoms with Gasteiger partial charge in [0, 0.05) is 0 Å².